The van der Waals surface area contributed by atoms with Gasteiger partial charge in [0.2, 0.25) is 0 Å². The van der Waals surface area contributed by atoms with Crippen molar-refractivity contribution in [3.8, 4) is 0 Å². The number of imidazole rings is 1. The molecule has 0 saturated heterocycles. The average Bonchev–Trinajstić information content (AvgIpc) is 3.04. The number of thiophene rings is 1. The van der Waals surface area contributed by atoms with Crippen LogP contribution in [0.5, 0.6) is 0 Å². The molecule has 104 valence electrons. The normalized spacial score (nSPS) is 11.3. The summed E-state index contributed by atoms with van der Waals surface area (Å²) >= 11 is 14.2. The van der Waals surface area contributed by atoms with Gasteiger partial charge < -0.3 is 4.57 Å². The van der Waals surface area contributed by atoms with Crippen molar-refractivity contribution in [1.29, 1.82) is 0 Å². The second-order valence-corrected chi connectivity index (χ2v) is 6.25. The third-order valence-electron chi connectivity index (χ3n) is 3.44. The van der Waals surface area contributed by atoms with E-state index < -0.39 is 0 Å². The van der Waals surface area contributed by atoms with E-state index in [0.29, 0.717) is 5.88 Å². The molecule has 2 nitrogen and oxygen atoms in total. The van der Waals surface area contributed by atoms with Crippen LogP contribution in [0.25, 0.3) is 11.0 Å². The van der Waals surface area contributed by atoms with E-state index in [1.54, 1.807) is 11.3 Å². The van der Waals surface area contributed by atoms with Crippen molar-refractivity contribution in [1.82, 2.24) is 9.55 Å². The van der Waals surface area contributed by atoms with Crippen LogP contribution in [0.4, 0.5) is 0 Å². The van der Waals surface area contributed by atoms with Crippen LogP contribution in [-0.4, -0.2) is 9.55 Å². The van der Waals surface area contributed by atoms with Gasteiger partial charge in [-0.1, -0.05) is 24.6 Å². The maximum absolute atomic E-state index is 6.35. The van der Waals surface area contributed by atoms with Gasteiger partial charge in [-0.2, -0.15) is 0 Å². The van der Waals surface area contributed by atoms with Gasteiger partial charge in [0, 0.05) is 4.88 Å². The highest BCUT2D eigenvalue weighted by Gasteiger charge is 2.14. The second-order valence-electron chi connectivity index (χ2n) is 4.58. The molecule has 3 rings (SSSR count). The fourth-order valence-electron chi connectivity index (χ4n) is 2.43. The molecular weight excluding hydrogens is 311 g/mol. The van der Waals surface area contributed by atoms with E-state index in [2.05, 4.69) is 27.9 Å². The van der Waals surface area contributed by atoms with Crippen LogP contribution in [0.1, 0.15) is 23.2 Å². The second kappa shape index (κ2) is 5.76. The first-order valence-corrected chi connectivity index (χ1v) is 8.28. The zero-order valence-corrected chi connectivity index (χ0v) is 13.4. The van der Waals surface area contributed by atoms with Crippen LogP contribution in [0.3, 0.4) is 0 Å². The Balaban J connectivity index is 2.14. The fourth-order valence-corrected chi connectivity index (χ4v) is 3.87. The molecule has 0 radical (unpaired) electrons. The molecule has 2 aromatic heterocycles. The van der Waals surface area contributed by atoms with Gasteiger partial charge in [0.05, 0.1) is 28.5 Å². The predicted octanol–water partition coefficient (Wildman–Crippen LogP) is 5.10. The lowest BCUT2D eigenvalue weighted by molar-refractivity contribution is 0.782. The summed E-state index contributed by atoms with van der Waals surface area (Å²) in [7, 11) is 0. The smallest absolute Gasteiger partial charge is 0.125 e. The molecule has 0 aliphatic rings. The highest BCUT2D eigenvalue weighted by molar-refractivity contribution is 7.10. The van der Waals surface area contributed by atoms with Crippen LogP contribution in [0.2, 0.25) is 5.02 Å². The molecule has 0 amide bonds. The summed E-state index contributed by atoms with van der Waals surface area (Å²) < 4.78 is 2.13. The van der Waals surface area contributed by atoms with E-state index in [-0.39, 0.29) is 0 Å². The highest BCUT2D eigenvalue weighted by atomic mass is 35.5. The molecule has 0 N–H and O–H groups in total. The summed E-state index contributed by atoms with van der Waals surface area (Å²) in [5, 5.41) is 2.86. The number of benzene rings is 1. The lowest BCUT2D eigenvalue weighted by Crippen LogP contribution is -2.04. The van der Waals surface area contributed by atoms with Gasteiger partial charge in [-0.05, 0) is 35.6 Å². The van der Waals surface area contributed by atoms with E-state index in [4.69, 9.17) is 23.2 Å². The third kappa shape index (κ3) is 2.34. The minimum absolute atomic E-state index is 0.387. The van der Waals surface area contributed by atoms with Gasteiger partial charge in [0.1, 0.15) is 5.82 Å². The van der Waals surface area contributed by atoms with Gasteiger partial charge in [-0.25, -0.2) is 4.98 Å². The molecule has 0 atom stereocenters. The van der Waals surface area contributed by atoms with Gasteiger partial charge in [-0.15, -0.1) is 22.9 Å². The zero-order chi connectivity index (χ0) is 14.1. The molecule has 0 saturated carbocycles. The number of hydrogen-bond donors (Lipinski definition) is 0. The molecule has 2 heterocycles. The number of halogens is 2. The topological polar surface area (TPSA) is 17.8 Å². The van der Waals surface area contributed by atoms with E-state index in [1.165, 1.54) is 10.4 Å². The van der Waals surface area contributed by atoms with E-state index in [1.807, 2.05) is 18.2 Å². The number of fused-ring (bicyclic) bond motifs is 1. The molecule has 0 unspecified atom stereocenters. The summed E-state index contributed by atoms with van der Waals surface area (Å²) in [5.74, 6) is 1.25. The molecule has 0 bridgehead atoms. The molecule has 0 spiro atoms. The minimum atomic E-state index is 0.387. The molecule has 0 fully saturated rings. The molecule has 5 heteroatoms. The monoisotopic (exact) mass is 324 g/mol. The van der Waals surface area contributed by atoms with Gasteiger partial charge >= 0.3 is 0 Å². The van der Waals surface area contributed by atoms with Crippen LogP contribution in [0, 0.1) is 0 Å². The molecular formula is C15H14Cl2N2S. The number of hydrogen-bond acceptors (Lipinski definition) is 2. The van der Waals surface area contributed by atoms with Crippen LogP contribution >= 0.6 is 34.5 Å². The van der Waals surface area contributed by atoms with Crippen molar-refractivity contribution in [2.24, 2.45) is 0 Å². The van der Waals surface area contributed by atoms with Gasteiger partial charge in [0.25, 0.3) is 0 Å². The first kappa shape index (κ1) is 13.9. The van der Waals surface area contributed by atoms with E-state index >= 15 is 0 Å². The largest absolute Gasteiger partial charge is 0.320 e. The van der Waals surface area contributed by atoms with Crippen molar-refractivity contribution in [2.75, 3.05) is 0 Å². The van der Waals surface area contributed by atoms with E-state index in [9.17, 15) is 0 Å². The lowest BCUT2D eigenvalue weighted by Gasteiger charge is -2.09. The SMILES string of the molecule is CCc1ccsc1Cn1c(CCl)nc2cccc(Cl)c21. The molecule has 20 heavy (non-hydrogen) atoms. The molecule has 0 aliphatic carbocycles. The Morgan fingerprint density at radius 3 is 2.90 bits per heavy atom. The van der Waals surface area contributed by atoms with Crippen LogP contribution in [-0.2, 0) is 18.8 Å². The molecule has 3 aromatic rings. The summed E-state index contributed by atoms with van der Waals surface area (Å²) in [5.41, 5.74) is 3.26. The fraction of sp³-hybridized carbons (Fsp3) is 0.267. The first-order chi connectivity index (χ1) is 9.74. The van der Waals surface area contributed by atoms with Crippen molar-refractivity contribution in [3.63, 3.8) is 0 Å². The maximum Gasteiger partial charge on any atom is 0.125 e. The third-order valence-corrected chi connectivity index (χ3v) is 4.93. The minimum Gasteiger partial charge on any atom is -0.320 e. The highest BCUT2D eigenvalue weighted by Crippen LogP contribution is 2.28. The number of alkyl halides is 1. The Labute approximate surface area is 132 Å². The van der Waals surface area contributed by atoms with Crippen molar-refractivity contribution in [2.45, 2.75) is 25.8 Å². The van der Waals surface area contributed by atoms with Crippen LogP contribution < -0.4 is 0 Å². The first-order valence-electron chi connectivity index (χ1n) is 6.49. The quantitative estimate of drug-likeness (QED) is 0.610. The van der Waals surface area contributed by atoms with Gasteiger partial charge in [0.15, 0.2) is 0 Å². The number of rotatable bonds is 4. The van der Waals surface area contributed by atoms with E-state index in [0.717, 1.165) is 34.8 Å². The van der Waals surface area contributed by atoms with Gasteiger partial charge in [-0.3, -0.25) is 0 Å². The summed E-state index contributed by atoms with van der Waals surface area (Å²) in [6.07, 6.45) is 1.04. The summed E-state index contributed by atoms with van der Waals surface area (Å²) in [6.45, 7) is 2.95. The lowest BCUT2D eigenvalue weighted by atomic mass is 10.2. The standard InChI is InChI=1S/C15H14Cl2N2S/c1-2-10-6-7-20-13(10)9-19-14(8-16)18-12-5-3-4-11(17)15(12)19/h3-7H,2,8-9H2,1H3. The Bertz CT molecular complexity index is 745. The summed E-state index contributed by atoms with van der Waals surface area (Å²) in [6, 6.07) is 7.97. The Kier molecular flexibility index (Phi) is 4.01. The van der Waals surface area contributed by atoms with Crippen LogP contribution in [0.15, 0.2) is 29.6 Å². The Morgan fingerprint density at radius 1 is 1.30 bits per heavy atom. The Hall–Kier alpha value is -1.03. The number of para-hydroxylation sites is 1. The maximum atomic E-state index is 6.35. The molecule has 1 aromatic carbocycles. The Morgan fingerprint density at radius 2 is 2.15 bits per heavy atom. The number of aromatic nitrogens is 2. The van der Waals surface area contributed by atoms with Crippen molar-refractivity contribution in [3.05, 3.63) is 50.9 Å². The van der Waals surface area contributed by atoms with Crippen molar-refractivity contribution < 1.29 is 0 Å². The predicted molar refractivity (Wildman–Crippen MR) is 87.1 cm³/mol. The zero-order valence-electron chi connectivity index (χ0n) is 11.1. The number of aryl methyl sites for hydroxylation is 1. The number of nitrogens with zero attached hydrogens (tertiary/aromatic N) is 2. The average molecular weight is 325 g/mol. The summed E-state index contributed by atoms with van der Waals surface area (Å²) in [4.78, 5) is 5.92. The molecule has 0 aliphatic heterocycles. The van der Waals surface area contributed by atoms with Crippen molar-refractivity contribution >= 4 is 45.6 Å².